The number of ether oxygens (including phenoxy) is 2. The van der Waals surface area contributed by atoms with Gasteiger partial charge >= 0.3 is 7.60 Å². The van der Waals surface area contributed by atoms with Gasteiger partial charge in [-0.05, 0) is 19.9 Å². The Bertz CT molecular complexity index is 930. The number of anilines is 1. The van der Waals surface area contributed by atoms with E-state index in [0.717, 1.165) is 0 Å². The van der Waals surface area contributed by atoms with E-state index in [4.69, 9.17) is 19.3 Å². The maximum Gasteiger partial charge on any atom is 0.350 e. The summed E-state index contributed by atoms with van der Waals surface area (Å²) in [6.45, 7) is 7.26. The third kappa shape index (κ3) is 4.81. The van der Waals surface area contributed by atoms with E-state index in [9.17, 15) is 14.8 Å². The highest BCUT2D eigenvalue weighted by Gasteiger charge is 2.44. The molecule has 2 aromatic heterocycles. The summed E-state index contributed by atoms with van der Waals surface area (Å²) in [6.07, 6.45) is -2.61. The first kappa shape index (κ1) is 21.8. The first-order valence-corrected chi connectivity index (χ1v) is 10.7. The van der Waals surface area contributed by atoms with Crippen molar-refractivity contribution in [3.05, 3.63) is 18.7 Å². The van der Waals surface area contributed by atoms with Gasteiger partial charge < -0.3 is 34.8 Å². The van der Waals surface area contributed by atoms with Crippen LogP contribution in [0.15, 0.2) is 12.9 Å². The summed E-state index contributed by atoms with van der Waals surface area (Å²) < 4.78 is 23.0. The summed E-state index contributed by atoms with van der Waals surface area (Å²) >= 11 is 0. The lowest BCUT2D eigenvalue weighted by Gasteiger charge is -2.17. The molecule has 2 aromatic rings. The Balaban J connectivity index is 1.88. The van der Waals surface area contributed by atoms with Gasteiger partial charge in [0.1, 0.15) is 24.7 Å². The molecule has 0 radical (unpaired) electrons. The van der Waals surface area contributed by atoms with Crippen molar-refractivity contribution < 1.29 is 34.0 Å². The van der Waals surface area contributed by atoms with E-state index in [1.165, 1.54) is 17.0 Å². The van der Waals surface area contributed by atoms with Gasteiger partial charge in [-0.1, -0.05) is 6.58 Å². The van der Waals surface area contributed by atoms with Crippen LogP contribution in [-0.2, 0) is 14.0 Å². The topological polar surface area (TPSA) is 172 Å². The molecule has 0 bridgehead atoms. The molecule has 3 heterocycles. The van der Waals surface area contributed by atoms with Crippen LogP contribution in [0.2, 0.25) is 0 Å². The predicted molar refractivity (Wildman–Crippen MR) is 103 cm³/mol. The van der Waals surface area contributed by atoms with Crippen LogP contribution in [-0.4, -0.2) is 76.8 Å². The largest absolute Gasteiger partial charge is 0.387 e. The van der Waals surface area contributed by atoms with E-state index < -0.39 is 38.5 Å². The molecule has 4 atom stereocenters. The quantitative estimate of drug-likeness (QED) is 0.359. The molecule has 0 aromatic carbocycles. The highest BCUT2D eigenvalue weighted by molar-refractivity contribution is 7.51. The Morgan fingerprint density at radius 1 is 1.38 bits per heavy atom. The van der Waals surface area contributed by atoms with Gasteiger partial charge in [-0.2, -0.15) is 0 Å². The average Bonchev–Trinajstić information content (AvgIpc) is 3.16. The number of nitrogens with zero attached hydrogens (tertiary/aromatic N) is 4. The molecular weight excluding hydrogens is 405 g/mol. The third-order valence-corrected chi connectivity index (χ3v) is 4.72. The SMILES string of the molecule is C=Cc1nc(NC(C)C)c2ncn([C@@H]3O[C@H](COCP(=O)(O)O)[C@@H](O)[C@H]3O)c2n1. The Kier molecular flexibility index (Phi) is 6.34. The molecule has 0 aliphatic carbocycles. The van der Waals surface area contributed by atoms with Crippen molar-refractivity contribution in [2.45, 2.75) is 44.4 Å². The highest BCUT2D eigenvalue weighted by Crippen LogP contribution is 2.36. The van der Waals surface area contributed by atoms with Gasteiger partial charge in [-0.25, -0.2) is 15.0 Å². The van der Waals surface area contributed by atoms with Crippen LogP contribution in [0.25, 0.3) is 17.2 Å². The molecule has 0 saturated carbocycles. The molecule has 3 rings (SSSR count). The standard InChI is InChI=1S/C16H24N5O7P/c1-4-10-19-14(18-8(2)3)11-15(20-10)21(6-17-11)16-13(23)12(22)9(28-16)5-27-7-29(24,25)26/h4,6,8-9,12-13,16,22-23H,1,5,7H2,2-3H3,(H,18,19,20)(H2,24,25,26)/t9-,12-,13-,16-/m1/s1. The molecule has 0 amide bonds. The number of rotatable bonds is 8. The Labute approximate surface area is 166 Å². The molecule has 0 unspecified atom stereocenters. The number of aliphatic hydroxyl groups excluding tert-OH is 2. The van der Waals surface area contributed by atoms with Crippen LogP contribution in [0.1, 0.15) is 25.9 Å². The molecule has 12 nitrogen and oxygen atoms in total. The van der Waals surface area contributed by atoms with Gasteiger partial charge in [0.2, 0.25) is 0 Å². The lowest BCUT2D eigenvalue weighted by molar-refractivity contribution is -0.0612. The van der Waals surface area contributed by atoms with Crippen molar-refractivity contribution in [2.75, 3.05) is 18.3 Å². The molecule has 160 valence electrons. The molecule has 1 aliphatic rings. The van der Waals surface area contributed by atoms with E-state index in [1.54, 1.807) is 0 Å². The van der Waals surface area contributed by atoms with E-state index in [0.29, 0.717) is 22.8 Å². The summed E-state index contributed by atoms with van der Waals surface area (Å²) in [5.41, 5.74) is 0.821. The summed E-state index contributed by atoms with van der Waals surface area (Å²) in [4.78, 5) is 30.7. The minimum Gasteiger partial charge on any atom is -0.387 e. The number of aliphatic hydroxyl groups is 2. The number of aromatic nitrogens is 4. The summed E-state index contributed by atoms with van der Waals surface area (Å²) in [5, 5.41) is 23.9. The number of hydrogen-bond donors (Lipinski definition) is 5. The minimum atomic E-state index is -4.35. The van der Waals surface area contributed by atoms with Crippen LogP contribution < -0.4 is 5.32 Å². The van der Waals surface area contributed by atoms with Gasteiger partial charge in [-0.3, -0.25) is 9.13 Å². The van der Waals surface area contributed by atoms with E-state index in [1.807, 2.05) is 13.8 Å². The van der Waals surface area contributed by atoms with Gasteiger partial charge in [0.05, 0.1) is 12.9 Å². The second kappa shape index (κ2) is 8.44. The molecule has 1 fully saturated rings. The number of nitrogens with one attached hydrogen (secondary N) is 1. The monoisotopic (exact) mass is 429 g/mol. The first-order valence-electron chi connectivity index (χ1n) is 8.88. The van der Waals surface area contributed by atoms with Crippen molar-refractivity contribution in [2.24, 2.45) is 0 Å². The minimum absolute atomic E-state index is 0.0848. The van der Waals surface area contributed by atoms with Gasteiger partial charge in [0.15, 0.2) is 29.0 Å². The molecule has 5 N–H and O–H groups in total. The van der Waals surface area contributed by atoms with Gasteiger partial charge in [0, 0.05) is 6.04 Å². The molecule has 13 heteroatoms. The number of hydrogen-bond acceptors (Lipinski definition) is 9. The zero-order valence-corrected chi connectivity index (χ0v) is 16.8. The second-order valence-electron chi connectivity index (χ2n) is 6.97. The van der Waals surface area contributed by atoms with E-state index in [2.05, 4.69) is 26.8 Å². The lowest BCUT2D eigenvalue weighted by atomic mass is 10.1. The summed E-state index contributed by atoms with van der Waals surface area (Å²) in [5.74, 6) is 0.838. The summed E-state index contributed by atoms with van der Waals surface area (Å²) in [6, 6.07) is 0.0848. The van der Waals surface area contributed by atoms with Crippen LogP contribution in [0.4, 0.5) is 5.82 Å². The van der Waals surface area contributed by atoms with Gasteiger partial charge in [-0.15, -0.1) is 0 Å². The smallest absolute Gasteiger partial charge is 0.350 e. The molecule has 1 aliphatic heterocycles. The maximum atomic E-state index is 10.9. The fourth-order valence-corrected chi connectivity index (χ4v) is 3.31. The van der Waals surface area contributed by atoms with Crippen LogP contribution >= 0.6 is 7.60 Å². The maximum absolute atomic E-state index is 10.9. The Morgan fingerprint density at radius 2 is 2.10 bits per heavy atom. The van der Waals surface area contributed by atoms with Crippen LogP contribution in [0, 0.1) is 0 Å². The Morgan fingerprint density at radius 3 is 2.72 bits per heavy atom. The van der Waals surface area contributed by atoms with Crippen molar-refractivity contribution in [1.82, 2.24) is 19.5 Å². The van der Waals surface area contributed by atoms with Crippen molar-refractivity contribution >= 4 is 30.7 Å². The highest BCUT2D eigenvalue weighted by atomic mass is 31.2. The van der Waals surface area contributed by atoms with Crippen molar-refractivity contribution in [3.8, 4) is 0 Å². The molecule has 1 saturated heterocycles. The zero-order chi connectivity index (χ0) is 21.3. The van der Waals surface area contributed by atoms with Crippen LogP contribution in [0.3, 0.4) is 0 Å². The fourth-order valence-electron chi connectivity index (χ4n) is 2.97. The Hall–Kier alpha value is -1.92. The van der Waals surface area contributed by atoms with Crippen LogP contribution in [0.5, 0.6) is 0 Å². The van der Waals surface area contributed by atoms with E-state index >= 15 is 0 Å². The predicted octanol–water partition coefficient (Wildman–Crippen LogP) is 0.0606. The molecular formula is C16H24N5O7P. The number of fused-ring (bicyclic) bond motifs is 1. The zero-order valence-electron chi connectivity index (χ0n) is 15.9. The normalized spacial score (nSPS) is 25.1. The molecule has 0 spiro atoms. The second-order valence-corrected chi connectivity index (χ2v) is 8.56. The molecule has 29 heavy (non-hydrogen) atoms. The summed E-state index contributed by atoms with van der Waals surface area (Å²) in [7, 11) is -4.35. The van der Waals surface area contributed by atoms with Crippen molar-refractivity contribution in [1.29, 1.82) is 0 Å². The lowest BCUT2D eigenvalue weighted by Crippen LogP contribution is -2.33. The average molecular weight is 429 g/mol. The third-order valence-electron chi connectivity index (χ3n) is 4.20. The fraction of sp³-hybridized carbons (Fsp3) is 0.562. The van der Waals surface area contributed by atoms with Gasteiger partial charge in [0.25, 0.3) is 0 Å². The first-order chi connectivity index (χ1) is 13.6. The van der Waals surface area contributed by atoms with Crippen molar-refractivity contribution in [3.63, 3.8) is 0 Å². The number of imidazole rings is 1. The van der Waals surface area contributed by atoms with E-state index in [-0.39, 0.29) is 12.6 Å².